The summed E-state index contributed by atoms with van der Waals surface area (Å²) in [5, 5.41) is 9.58. The molecule has 0 aliphatic heterocycles. The first-order valence-electron chi connectivity index (χ1n) is 14.0. The zero-order valence-corrected chi connectivity index (χ0v) is 22.7. The maximum atomic E-state index is 12.4. The van der Waals surface area contributed by atoms with Gasteiger partial charge in [-0.3, -0.25) is 0 Å². The quantitative estimate of drug-likeness (QED) is 0.0999. The maximum Gasteiger partial charge on any atom is 0.388 e. The molecule has 0 aromatic heterocycles. The third kappa shape index (κ3) is 8.39. The largest absolute Gasteiger partial charge is 0.494 e. The standard InChI is InChI=1S/C33H38N2O3/c1-4-6-8-10-25-11-16-27(17-12-25)28-18-13-26(14-19-28)15-22-32(36)38-31-21-20-30(37-23-9-7-5-2)29(24-34)33(31)35-3/h13-14,18-21,25,27H,4-12,16-17,23H2,1-2H3. The molecule has 0 spiro atoms. The molecule has 0 heterocycles. The topological polar surface area (TPSA) is 63.7 Å². The average molecular weight is 511 g/mol. The molecule has 0 bridgehead atoms. The van der Waals surface area contributed by atoms with Gasteiger partial charge in [0.05, 0.1) is 19.2 Å². The summed E-state index contributed by atoms with van der Waals surface area (Å²) in [5.74, 6) is 6.40. The van der Waals surface area contributed by atoms with Crippen LogP contribution in [0.5, 0.6) is 11.5 Å². The Hall–Kier alpha value is -3.75. The highest BCUT2D eigenvalue weighted by molar-refractivity contribution is 5.92. The molecule has 1 saturated carbocycles. The van der Waals surface area contributed by atoms with E-state index in [1.54, 1.807) is 6.07 Å². The molecule has 2 aromatic rings. The van der Waals surface area contributed by atoms with E-state index in [2.05, 4.69) is 42.7 Å². The van der Waals surface area contributed by atoms with Crippen molar-refractivity contribution in [1.29, 1.82) is 5.26 Å². The molecule has 2 aromatic carbocycles. The minimum Gasteiger partial charge on any atom is -0.494 e. The number of benzene rings is 2. The first-order valence-corrected chi connectivity index (χ1v) is 14.0. The molecule has 0 atom stereocenters. The summed E-state index contributed by atoms with van der Waals surface area (Å²) in [7, 11) is 0. The lowest BCUT2D eigenvalue weighted by atomic mass is 9.77. The molecule has 1 fully saturated rings. The fourth-order valence-electron chi connectivity index (χ4n) is 5.06. The molecular weight excluding hydrogens is 472 g/mol. The summed E-state index contributed by atoms with van der Waals surface area (Å²) in [6, 6.07) is 13.2. The highest BCUT2D eigenvalue weighted by atomic mass is 16.5. The number of hydrogen-bond acceptors (Lipinski definition) is 4. The Morgan fingerprint density at radius 1 is 0.974 bits per heavy atom. The summed E-state index contributed by atoms with van der Waals surface area (Å²) in [6.45, 7) is 12.3. The molecule has 0 radical (unpaired) electrons. The molecule has 1 aliphatic rings. The maximum absolute atomic E-state index is 12.4. The Balaban J connectivity index is 1.58. The lowest BCUT2D eigenvalue weighted by Gasteiger charge is -2.29. The number of nitrogens with zero attached hydrogens (tertiary/aromatic N) is 2. The SMILES string of the molecule is [C-]#[N+]c1c(OC(=O)C#Cc2ccc(C3CCC(CCCCC)CC3)cc2)ccc(OCCCCC)c1C#N. The van der Waals surface area contributed by atoms with Crippen LogP contribution in [0.25, 0.3) is 4.85 Å². The Morgan fingerprint density at radius 2 is 1.66 bits per heavy atom. The van der Waals surface area contributed by atoms with E-state index in [9.17, 15) is 10.1 Å². The number of esters is 1. The number of rotatable bonds is 11. The number of hydrogen-bond donors (Lipinski definition) is 0. The molecule has 1 aliphatic carbocycles. The fraction of sp³-hybridized carbons (Fsp3) is 0.485. The van der Waals surface area contributed by atoms with Crippen molar-refractivity contribution in [2.45, 2.75) is 90.4 Å². The summed E-state index contributed by atoms with van der Waals surface area (Å²) in [6.07, 6.45) is 13.4. The van der Waals surface area contributed by atoms with Crippen LogP contribution >= 0.6 is 0 Å². The van der Waals surface area contributed by atoms with Gasteiger partial charge in [-0.25, -0.2) is 9.64 Å². The number of carbonyl (C=O) groups is 1. The fourth-order valence-corrected chi connectivity index (χ4v) is 5.06. The molecule has 0 saturated heterocycles. The van der Waals surface area contributed by atoms with E-state index in [-0.39, 0.29) is 17.0 Å². The highest BCUT2D eigenvalue weighted by Crippen LogP contribution is 2.38. The summed E-state index contributed by atoms with van der Waals surface area (Å²) < 4.78 is 11.0. The molecule has 38 heavy (non-hydrogen) atoms. The molecule has 3 rings (SSSR count). The summed E-state index contributed by atoms with van der Waals surface area (Å²) >= 11 is 0. The smallest absolute Gasteiger partial charge is 0.388 e. The van der Waals surface area contributed by atoms with E-state index in [0.717, 1.165) is 30.7 Å². The number of unbranched alkanes of at least 4 members (excludes halogenated alkanes) is 4. The van der Waals surface area contributed by atoms with Gasteiger partial charge in [-0.15, -0.1) is 0 Å². The Morgan fingerprint density at radius 3 is 2.32 bits per heavy atom. The average Bonchev–Trinajstić information content (AvgIpc) is 2.95. The van der Waals surface area contributed by atoms with Gasteiger partial charge in [0.15, 0.2) is 0 Å². The van der Waals surface area contributed by atoms with E-state index < -0.39 is 5.97 Å². The molecule has 5 heteroatoms. The molecule has 198 valence electrons. The Kier molecular flexibility index (Phi) is 11.7. The minimum atomic E-state index is -0.777. The zero-order valence-electron chi connectivity index (χ0n) is 22.7. The molecule has 5 nitrogen and oxygen atoms in total. The monoisotopic (exact) mass is 510 g/mol. The van der Waals surface area contributed by atoms with Crippen LogP contribution in [-0.2, 0) is 4.79 Å². The van der Waals surface area contributed by atoms with Gasteiger partial charge in [-0.2, -0.15) is 5.26 Å². The Labute approximate surface area is 228 Å². The second-order valence-corrected chi connectivity index (χ2v) is 10.0. The van der Waals surface area contributed by atoms with Crippen LogP contribution in [0.15, 0.2) is 36.4 Å². The van der Waals surface area contributed by atoms with Crippen molar-refractivity contribution in [3.8, 4) is 29.4 Å². The summed E-state index contributed by atoms with van der Waals surface area (Å²) in [5.41, 5.74) is 2.10. The van der Waals surface area contributed by atoms with E-state index in [0.29, 0.717) is 18.3 Å². The zero-order chi connectivity index (χ0) is 27.2. The van der Waals surface area contributed by atoms with E-state index in [4.69, 9.17) is 16.0 Å². The van der Waals surface area contributed by atoms with Crippen LogP contribution in [0, 0.1) is 35.7 Å². The summed E-state index contributed by atoms with van der Waals surface area (Å²) in [4.78, 5) is 15.8. The second kappa shape index (κ2) is 15.5. The van der Waals surface area contributed by atoms with Gasteiger partial charge in [-0.1, -0.05) is 70.4 Å². The van der Waals surface area contributed by atoms with Crippen molar-refractivity contribution in [3.05, 3.63) is 64.5 Å². The van der Waals surface area contributed by atoms with Crippen LogP contribution in [-0.4, -0.2) is 12.6 Å². The van der Waals surface area contributed by atoms with Crippen LogP contribution < -0.4 is 9.47 Å². The van der Waals surface area contributed by atoms with E-state index >= 15 is 0 Å². The van der Waals surface area contributed by atoms with E-state index in [1.807, 2.05) is 18.2 Å². The van der Waals surface area contributed by atoms with Gasteiger partial charge >= 0.3 is 5.97 Å². The van der Waals surface area contributed by atoms with Crippen LogP contribution in [0.4, 0.5) is 5.69 Å². The van der Waals surface area contributed by atoms with Crippen LogP contribution in [0.3, 0.4) is 0 Å². The van der Waals surface area contributed by atoms with Gasteiger partial charge < -0.3 is 9.47 Å². The van der Waals surface area contributed by atoms with Crippen molar-refractivity contribution >= 4 is 11.7 Å². The van der Waals surface area contributed by atoms with Gasteiger partial charge in [-0.05, 0) is 73.8 Å². The first kappa shape index (κ1) is 28.8. The lowest BCUT2D eigenvalue weighted by molar-refractivity contribution is -0.127. The number of carbonyl (C=O) groups excluding carboxylic acids is 1. The third-order valence-corrected chi connectivity index (χ3v) is 7.29. The van der Waals surface area contributed by atoms with Gasteiger partial charge in [0, 0.05) is 11.5 Å². The highest BCUT2D eigenvalue weighted by Gasteiger charge is 2.22. The van der Waals surface area contributed by atoms with Crippen molar-refractivity contribution in [2.75, 3.05) is 6.61 Å². The molecule has 0 N–H and O–H groups in total. The van der Waals surface area contributed by atoms with Gasteiger partial charge in [0.1, 0.15) is 17.1 Å². The molecular formula is C33H38N2O3. The predicted molar refractivity (Wildman–Crippen MR) is 150 cm³/mol. The van der Waals surface area contributed by atoms with Gasteiger partial charge in [0.25, 0.3) is 0 Å². The van der Waals surface area contributed by atoms with Crippen LogP contribution in [0.2, 0.25) is 0 Å². The van der Waals surface area contributed by atoms with Crippen molar-refractivity contribution in [1.82, 2.24) is 0 Å². The number of ether oxygens (including phenoxy) is 2. The van der Waals surface area contributed by atoms with Crippen molar-refractivity contribution in [2.24, 2.45) is 5.92 Å². The second-order valence-electron chi connectivity index (χ2n) is 10.0. The Bertz CT molecular complexity index is 1200. The minimum absolute atomic E-state index is 0.0115. The third-order valence-electron chi connectivity index (χ3n) is 7.29. The van der Waals surface area contributed by atoms with Crippen molar-refractivity contribution < 1.29 is 14.3 Å². The first-order chi connectivity index (χ1) is 18.6. The van der Waals surface area contributed by atoms with E-state index in [1.165, 1.54) is 63.0 Å². The number of nitriles is 1. The normalized spacial score (nSPS) is 16.4. The molecule has 0 amide bonds. The lowest BCUT2D eigenvalue weighted by Crippen LogP contribution is -2.13. The molecule has 0 unspecified atom stereocenters. The van der Waals surface area contributed by atoms with Crippen molar-refractivity contribution in [3.63, 3.8) is 0 Å². The van der Waals surface area contributed by atoms with Gasteiger partial charge in [0.2, 0.25) is 5.69 Å². The van der Waals surface area contributed by atoms with Crippen LogP contribution in [0.1, 0.15) is 107 Å². The predicted octanol–water partition coefficient (Wildman–Crippen LogP) is 8.49.